The molecule has 0 spiro atoms. The maximum atomic E-state index is 14.1. The Bertz CT molecular complexity index is 2210. The van der Waals surface area contributed by atoms with Crippen LogP contribution >= 0.6 is 21.6 Å². The van der Waals surface area contributed by atoms with Gasteiger partial charge in [-0.05, 0) is 50.3 Å². The maximum absolute atomic E-state index is 14.1. The van der Waals surface area contributed by atoms with Crippen molar-refractivity contribution >= 4 is 74.0 Å². The zero-order valence-corrected chi connectivity index (χ0v) is 37.4. The summed E-state index contributed by atoms with van der Waals surface area (Å²) >= 11 is 0. The number of urea groups is 1. The minimum Gasteiger partial charge on any atom is -0.370 e. The Morgan fingerprint density at radius 1 is 0.875 bits per heavy atom. The quantitative estimate of drug-likeness (QED) is 0.0131. The number of guanidine groups is 1. The first-order valence-corrected chi connectivity index (χ1v) is 23.4. The number of hydrogen-bond acceptors (Lipinski definition) is 12. The predicted molar refractivity (Wildman–Crippen MR) is 248 cm³/mol. The Balaban J connectivity index is 1.20. The van der Waals surface area contributed by atoms with Crippen LogP contribution in [0.5, 0.6) is 0 Å². The van der Waals surface area contributed by atoms with Crippen molar-refractivity contribution in [3.63, 3.8) is 0 Å². The van der Waals surface area contributed by atoms with Crippen LogP contribution in [0, 0.1) is 5.41 Å². The maximum Gasteiger partial charge on any atom is 0.325 e. The van der Waals surface area contributed by atoms with Crippen LogP contribution in [0.25, 0.3) is 10.9 Å². The number of benzene rings is 2. The number of aromatic nitrogens is 3. The fourth-order valence-corrected chi connectivity index (χ4v) is 9.46. The molecule has 0 saturated carbocycles. The lowest BCUT2D eigenvalue weighted by Crippen LogP contribution is -2.57. The summed E-state index contributed by atoms with van der Waals surface area (Å²) in [6, 6.07) is 10.8. The lowest BCUT2D eigenvalue weighted by molar-refractivity contribution is -0.135. The summed E-state index contributed by atoms with van der Waals surface area (Å²) in [5, 5.41) is 25.4. The fourth-order valence-electron chi connectivity index (χ4n) is 7.13. The van der Waals surface area contributed by atoms with Crippen molar-refractivity contribution in [3.8, 4) is 0 Å². The van der Waals surface area contributed by atoms with Gasteiger partial charge in [-0.2, -0.15) is 0 Å². The molecule has 1 saturated heterocycles. The molecule has 3 heterocycles. The summed E-state index contributed by atoms with van der Waals surface area (Å²) in [5.74, 6) is -3.10. The van der Waals surface area contributed by atoms with Gasteiger partial charge in [-0.15, -0.1) is 0 Å². The van der Waals surface area contributed by atoms with Gasteiger partial charge in [0.05, 0.1) is 12.4 Å². The molecule has 344 valence electrons. The molecule has 22 heteroatoms. The van der Waals surface area contributed by atoms with Crippen molar-refractivity contribution in [3.05, 3.63) is 90.1 Å². The van der Waals surface area contributed by atoms with Gasteiger partial charge in [-0.1, -0.05) is 70.1 Å². The van der Waals surface area contributed by atoms with E-state index in [0.29, 0.717) is 38.8 Å². The number of fused-ring (bicyclic) bond motifs is 1. The highest BCUT2D eigenvalue weighted by molar-refractivity contribution is 8.76. The number of nitrogens with two attached hydrogens (primary N) is 3. The summed E-state index contributed by atoms with van der Waals surface area (Å²) in [6.45, 7) is 3.91. The summed E-state index contributed by atoms with van der Waals surface area (Å²) in [7, 11) is 2.33. The molecule has 0 radical (unpaired) electrons. The molecule has 1 fully saturated rings. The van der Waals surface area contributed by atoms with Crippen LogP contribution in [0.3, 0.4) is 0 Å². The van der Waals surface area contributed by atoms with E-state index >= 15 is 0 Å². The smallest absolute Gasteiger partial charge is 0.325 e. The van der Waals surface area contributed by atoms with Gasteiger partial charge in [0.1, 0.15) is 24.2 Å². The van der Waals surface area contributed by atoms with Gasteiger partial charge in [-0.3, -0.25) is 34.3 Å². The summed E-state index contributed by atoms with van der Waals surface area (Å²) < 4.78 is 0. The number of imidazole rings is 1. The Kier molecular flexibility index (Phi) is 18.4. The van der Waals surface area contributed by atoms with Gasteiger partial charge in [0.25, 0.3) is 5.91 Å². The Hall–Kier alpha value is -6.10. The lowest BCUT2D eigenvalue weighted by Gasteiger charge is -2.26. The average molecular weight is 919 g/mol. The van der Waals surface area contributed by atoms with E-state index in [1.165, 1.54) is 24.0 Å². The molecule has 0 bridgehead atoms. The van der Waals surface area contributed by atoms with Crippen LogP contribution in [0.15, 0.2) is 73.3 Å². The van der Waals surface area contributed by atoms with Crippen LogP contribution in [0.4, 0.5) is 4.79 Å². The second-order valence-corrected chi connectivity index (χ2v) is 18.2. The van der Waals surface area contributed by atoms with E-state index in [1.54, 1.807) is 19.3 Å². The van der Waals surface area contributed by atoms with Gasteiger partial charge in [0, 0.05) is 78.5 Å². The highest BCUT2D eigenvalue weighted by Crippen LogP contribution is 2.26. The zero-order chi connectivity index (χ0) is 46.2. The van der Waals surface area contributed by atoms with Crippen LogP contribution in [0.2, 0.25) is 0 Å². The second-order valence-electron chi connectivity index (χ2n) is 15.6. The molecular formula is C42H58N14O6S2. The molecule has 7 atom stereocenters. The highest BCUT2D eigenvalue weighted by atomic mass is 33.1. The number of nitrogens with one attached hydrogen (secondary N) is 9. The molecule has 0 aliphatic carbocycles. The van der Waals surface area contributed by atoms with E-state index < -0.39 is 65.8 Å². The molecule has 1 aliphatic rings. The number of hydrogen-bond donors (Lipinski definition) is 12. The SMILES string of the molecule is C[C@H](Cc1cnc[nH]1)NC(=O)[C@@H](C)N1C(=O)N[C@@H](CSSC[C@H](NC(=O)[C@H](Cc2c[nH]c3ccccc23)NC(=O)[C@H](CCCNC(=N)N)NC[C@H](N)Cc2ccccc2)C(N)=O)C1=O. The number of amides is 7. The van der Waals surface area contributed by atoms with E-state index in [1.807, 2.05) is 54.6 Å². The molecule has 20 nitrogen and oxygen atoms in total. The normalized spacial score (nSPS) is 16.5. The first-order valence-electron chi connectivity index (χ1n) is 20.9. The molecule has 1 aliphatic heterocycles. The number of primary amides is 1. The van der Waals surface area contributed by atoms with Crippen molar-refractivity contribution < 1.29 is 28.8 Å². The third kappa shape index (κ3) is 14.5. The van der Waals surface area contributed by atoms with E-state index in [4.69, 9.17) is 22.6 Å². The number of carbonyl (C=O) groups excluding carboxylic acids is 6. The lowest BCUT2D eigenvalue weighted by atomic mass is 10.0. The zero-order valence-electron chi connectivity index (χ0n) is 35.7. The molecule has 7 amide bonds. The molecule has 5 rings (SSSR count). The molecule has 4 aromatic rings. The van der Waals surface area contributed by atoms with Crippen molar-refractivity contribution in [2.24, 2.45) is 17.2 Å². The number of nitrogens with zero attached hydrogens (tertiary/aromatic N) is 2. The number of H-pyrrole nitrogens is 2. The number of aromatic amines is 2. The average Bonchev–Trinajstić information content (AvgIpc) is 4.00. The molecule has 0 unspecified atom stereocenters. The molecule has 2 aromatic carbocycles. The standard InChI is InChI=1S/C42H58N14O6S2/c1-24(15-29-20-47-23-51-29)52-37(58)25(2)56-40(61)35(55-42(56)62)22-64-63-21-34(36(44)57)54-39(60)33(17-27-18-49-31-12-7-6-11-30(27)31)53-38(59)32(13-8-14-48-41(45)46)50-19-28(43)16-26-9-4-3-5-10-26/h3-7,9-12,18,20,23-25,28,32-35,49-50H,8,13-17,19,21-22,43H2,1-2H3,(H2,44,57)(H,47,51)(H,52,58)(H,53,59)(H,54,60)(H,55,62)(H4,45,46,48)/t24-,25-,28-,32+,33+,34+,35+/m1/s1. The minimum atomic E-state index is -1.17. The van der Waals surface area contributed by atoms with E-state index in [2.05, 4.69) is 46.9 Å². The van der Waals surface area contributed by atoms with Gasteiger partial charge in [0.2, 0.25) is 23.6 Å². The van der Waals surface area contributed by atoms with E-state index in [0.717, 1.165) is 43.4 Å². The topological polar surface area (TPSA) is 324 Å². The summed E-state index contributed by atoms with van der Waals surface area (Å²) in [6.07, 6.45) is 6.85. The molecule has 64 heavy (non-hydrogen) atoms. The van der Waals surface area contributed by atoms with Crippen molar-refractivity contribution in [1.82, 2.24) is 51.8 Å². The fraction of sp³-hybridized carbons (Fsp3) is 0.429. The predicted octanol–water partition coefficient (Wildman–Crippen LogP) is 0.118. The van der Waals surface area contributed by atoms with E-state index in [9.17, 15) is 28.8 Å². The van der Waals surface area contributed by atoms with Crippen molar-refractivity contribution in [2.75, 3.05) is 24.6 Å². The van der Waals surface area contributed by atoms with Crippen molar-refractivity contribution in [2.45, 2.75) is 88.2 Å². The van der Waals surface area contributed by atoms with Crippen molar-refractivity contribution in [1.29, 1.82) is 5.41 Å². The summed E-state index contributed by atoms with van der Waals surface area (Å²) in [5.41, 5.74) is 21.2. The molecular weight excluding hydrogens is 861 g/mol. The van der Waals surface area contributed by atoms with Gasteiger partial charge < -0.3 is 59.1 Å². The van der Waals surface area contributed by atoms with Crippen LogP contribution in [-0.2, 0) is 43.2 Å². The molecule has 2 aromatic heterocycles. The number of carbonyl (C=O) groups is 6. The Morgan fingerprint density at radius 2 is 1.59 bits per heavy atom. The van der Waals surface area contributed by atoms with Crippen LogP contribution in [0.1, 0.15) is 43.5 Å². The Labute approximate surface area is 378 Å². The van der Waals surface area contributed by atoms with Gasteiger partial charge in [-0.25, -0.2) is 9.78 Å². The van der Waals surface area contributed by atoms with Crippen LogP contribution < -0.4 is 49.1 Å². The minimum absolute atomic E-state index is 0.00226. The first-order chi connectivity index (χ1) is 30.7. The van der Waals surface area contributed by atoms with Gasteiger partial charge in [0.15, 0.2) is 5.96 Å². The summed E-state index contributed by atoms with van der Waals surface area (Å²) in [4.78, 5) is 91.1. The third-order valence-electron chi connectivity index (χ3n) is 10.5. The third-order valence-corrected chi connectivity index (χ3v) is 12.9. The van der Waals surface area contributed by atoms with Gasteiger partial charge >= 0.3 is 6.03 Å². The number of rotatable bonds is 26. The van der Waals surface area contributed by atoms with Crippen LogP contribution in [-0.4, -0.2) is 128 Å². The largest absolute Gasteiger partial charge is 0.370 e. The monoisotopic (exact) mass is 918 g/mol. The van der Waals surface area contributed by atoms with E-state index in [-0.39, 0.29) is 36.0 Å². The first kappa shape index (κ1) is 48.9. The number of imide groups is 1. The molecule has 15 N–H and O–H groups in total. The Morgan fingerprint density at radius 3 is 2.31 bits per heavy atom. The number of para-hydroxylation sites is 1. The second kappa shape index (κ2) is 24.1. The highest BCUT2D eigenvalue weighted by Gasteiger charge is 2.43.